The summed E-state index contributed by atoms with van der Waals surface area (Å²) in [5, 5.41) is 0.608. The van der Waals surface area contributed by atoms with Crippen molar-refractivity contribution in [2.24, 2.45) is 10.7 Å². The van der Waals surface area contributed by atoms with E-state index in [1.54, 1.807) is 18.2 Å². The average molecular weight is 325 g/mol. The Balaban J connectivity index is 1.78. The van der Waals surface area contributed by atoms with Gasteiger partial charge in [-0.1, -0.05) is 23.7 Å². The summed E-state index contributed by atoms with van der Waals surface area (Å²) >= 11 is 5.89. The molecule has 2 aromatic rings. The first-order chi connectivity index (χ1) is 10.4. The number of hydrogen-bond acceptors (Lipinski definition) is 3. The van der Waals surface area contributed by atoms with Crippen molar-refractivity contribution in [2.45, 2.75) is 12.8 Å². The summed E-state index contributed by atoms with van der Waals surface area (Å²) in [4.78, 5) is 4.22. The zero-order valence-electron chi connectivity index (χ0n) is 11.2. The highest BCUT2D eigenvalue weighted by Crippen LogP contribution is 2.41. The smallest absolute Gasteiger partial charge is 0.395 e. The lowest BCUT2D eigenvalue weighted by atomic mass is 10.2. The van der Waals surface area contributed by atoms with E-state index >= 15 is 0 Å². The Morgan fingerprint density at radius 3 is 2.68 bits per heavy atom. The van der Waals surface area contributed by atoms with Crippen LogP contribution in [0.4, 0.5) is 8.78 Å². The summed E-state index contributed by atoms with van der Waals surface area (Å²) in [5.41, 5.74) is 7.24. The molecule has 0 radical (unpaired) electrons. The fraction of sp³-hybridized carbons (Fsp3) is 0.133. The van der Waals surface area contributed by atoms with E-state index in [0.717, 1.165) is 5.56 Å². The molecule has 1 aliphatic rings. The van der Waals surface area contributed by atoms with E-state index in [9.17, 15) is 8.78 Å². The Hall–Kier alpha value is -2.34. The molecule has 0 spiro atoms. The number of alkyl halides is 2. The third-order valence-electron chi connectivity index (χ3n) is 3.02. The van der Waals surface area contributed by atoms with Crippen LogP contribution in [0, 0.1) is 0 Å². The highest BCUT2D eigenvalue weighted by atomic mass is 35.5. The summed E-state index contributed by atoms with van der Waals surface area (Å²) in [6.07, 6.45) is -3.65. The van der Waals surface area contributed by atoms with Crippen LogP contribution in [-0.4, -0.2) is 12.1 Å². The Kier molecular flexibility index (Phi) is 3.62. The fourth-order valence-electron chi connectivity index (χ4n) is 2.01. The minimum atomic E-state index is -3.65. The highest BCUT2D eigenvalue weighted by molar-refractivity contribution is 6.30. The number of halogens is 3. The summed E-state index contributed by atoms with van der Waals surface area (Å²) in [6, 6.07) is 11.5. The van der Waals surface area contributed by atoms with Crippen molar-refractivity contribution in [3.63, 3.8) is 0 Å². The topological polar surface area (TPSA) is 56.8 Å². The van der Waals surface area contributed by atoms with Crippen molar-refractivity contribution in [2.75, 3.05) is 0 Å². The van der Waals surface area contributed by atoms with Gasteiger partial charge < -0.3 is 15.2 Å². The largest absolute Gasteiger partial charge is 0.586 e. The van der Waals surface area contributed by atoms with E-state index in [-0.39, 0.29) is 17.3 Å². The number of benzene rings is 2. The first-order valence-electron chi connectivity index (χ1n) is 6.37. The number of fused-ring (bicyclic) bond motifs is 1. The molecular formula is C15H11ClF2N2O2. The third kappa shape index (κ3) is 3.12. The van der Waals surface area contributed by atoms with Crippen LogP contribution in [0.3, 0.4) is 0 Å². The molecule has 0 amide bonds. The number of nitrogens with zero attached hydrogens (tertiary/aromatic N) is 1. The van der Waals surface area contributed by atoms with Gasteiger partial charge in [-0.25, -0.2) is 0 Å². The molecule has 1 heterocycles. The van der Waals surface area contributed by atoms with E-state index < -0.39 is 6.29 Å². The van der Waals surface area contributed by atoms with Gasteiger partial charge >= 0.3 is 6.29 Å². The maximum atomic E-state index is 13.0. The van der Waals surface area contributed by atoms with Gasteiger partial charge in [-0.15, -0.1) is 8.78 Å². The summed E-state index contributed by atoms with van der Waals surface area (Å²) < 4.78 is 34.6. The van der Waals surface area contributed by atoms with Gasteiger partial charge in [0.05, 0.1) is 6.54 Å². The van der Waals surface area contributed by atoms with Crippen LogP contribution in [0.1, 0.15) is 11.1 Å². The second-order valence-electron chi connectivity index (χ2n) is 4.66. The number of amidine groups is 1. The lowest BCUT2D eigenvalue weighted by Gasteiger charge is -2.04. The van der Waals surface area contributed by atoms with Crippen LogP contribution >= 0.6 is 11.6 Å². The van der Waals surface area contributed by atoms with Gasteiger partial charge in [-0.3, -0.25) is 4.99 Å². The van der Waals surface area contributed by atoms with E-state index in [0.29, 0.717) is 17.1 Å². The molecule has 114 valence electrons. The van der Waals surface area contributed by atoms with Crippen LogP contribution in [0.25, 0.3) is 0 Å². The van der Waals surface area contributed by atoms with E-state index in [2.05, 4.69) is 14.5 Å². The van der Waals surface area contributed by atoms with Crippen molar-refractivity contribution in [3.05, 3.63) is 58.6 Å². The zero-order valence-corrected chi connectivity index (χ0v) is 12.0. The number of ether oxygens (including phenoxy) is 2. The van der Waals surface area contributed by atoms with Crippen LogP contribution < -0.4 is 15.2 Å². The molecule has 0 aromatic heterocycles. The fourth-order valence-corrected chi connectivity index (χ4v) is 2.22. The van der Waals surface area contributed by atoms with Crippen LogP contribution in [0.5, 0.6) is 11.5 Å². The van der Waals surface area contributed by atoms with Crippen molar-refractivity contribution < 1.29 is 18.3 Å². The molecule has 3 rings (SSSR count). The van der Waals surface area contributed by atoms with Gasteiger partial charge in [-0.2, -0.15) is 0 Å². The maximum absolute atomic E-state index is 13.0. The summed E-state index contributed by atoms with van der Waals surface area (Å²) in [6.45, 7) is 0.330. The predicted octanol–water partition coefficient (Wildman–Crippen LogP) is 3.57. The SMILES string of the molecule is NC(=NCc1cccc(Cl)c1)c1ccc2c(c1)OC(F)(F)O2. The van der Waals surface area contributed by atoms with Gasteiger partial charge in [0, 0.05) is 10.6 Å². The molecule has 0 fully saturated rings. The Labute approximate surface area is 130 Å². The van der Waals surface area contributed by atoms with Crippen molar-refractivity contribution >= 4 is 17.4 Å². The molecule has 1 aliphatic heterocycles. The van der Waals surface area contributed by atoms with Gasteiger partial charge in [0.2, 0.25) is 0 Å². The molecule has 2 N–H and O–H groups in total. The molecule has 0 aliphatic carbocycles. The molecule has 2 aromatic carbocycles. The van der Waals surface area contributed by atoms with E-state index in [1.165, 1.54) is 12.1 Å². The minimum absolute atomic E-state index is 0.0311. The normalized spacial score (nSPS) is 15.9. The minimum Gasteiger partial charge on any atom is -0.395 e. The summed E-state index contributed by atoms with van der Waals surface area (Å²) in [7, 11) is 0. The van der Waals surface area contributed by atoms with Crippen molar-refractivity contribution in [1.29, 1.82) is 0 Å². The second kappa shape index (κ2) is 5.46. The number of nitrogens with two attached hydrogens (primary N) is 1. The van der Waals surface area contributed by atoms with Gasteiger partial charge in [0.15, 0.2) is 11.5 Å². The molecule has 7 heteroatoms. The first kappa shape index (κ1) is 14.6. The monoisotopic (exact) mass is 324 g/mol. The number of aliphatic imine (C=N–C) groups is 1. The molecule has 4 nitrogen and oxygen atoms in total. The average Bonchev–Trinajstić information content (AvgIpc) is 2.77. The molecule has 0 saturated carbocycles. The standard InChI is InChI=1S/C15H11ClF2N2O2/c16-11-3-1-2-9(6-11)8-20-14(19)10-4-5-12-13(7-10)22-15(17,18)21-12/h1-7H,8H2,(H2,19,20). The molecule has 22 heavy (non-hydrogen) atoms. The lowest BCUT2D eigenvalue weighted by Crippen LogP contribution is -2.25. The predicted molar refractivity (Wildman–Crippen MR) is 78.5 cm³/mol. The molecule has 0 bridgehead atoms. The Morgan fingerprint density at radius 2 is 1.91 bits per heavy atom. The Bertz CT molecular complexity index is 750. The van der Waals surface area contributed by atoms with Gasteiger partial charge in [0.1, 0.15) is 5.84 Å². The summed E-state index contributed by atoms with van der Waals surface area (Å²) in [5.74, 6) is 0.112. The Morgan fingerprint density at radius 1 is 1.14 bits per heavy atom. The van der Waals surface area contributed by atoms with E-state index in [4.69, 9.17) is 17.3 Å². The van der Waals surface area contributed by atoms with E-state index in [1.807, 2.05) is 12.1 Å². The molecular weight excluding hydrogens is 314 g/mol. The molecule has 0 unspecified atom stereocenters. The van der Waals surface area contributed by atoms with Gasteiger partial charge in [0.25, 0.3) is 0 Å². The number of rotatable bonds is 3. The van der Waals surface area contributed by atoms with Crippen LogP contribution in [0.2, 0.25) is 5.02 Å². The zero-order chi connectivity index (χ0) is 15.7. The molecule has 0 atom stereocenters. The van der Waals surface area contributed by atoms with Crippen molar-refractivity contribution in [3.8, 4) is 11.5 Å². The quantitative estimate of drug-likeness (QED) is 0.693. The number of hydrogen-bond donors (Lipinski definition) is 1. The van der Waals surface area contributed by atoms with Gasteiger partial charge in [-0.05, 0) is 35.9 Å². The second-order valence-corrected chi connectivity index (χ2v) is 5.10. The molecule has 0 saturated heterocycles. The van der Waals surface area contributed by atoms with Crippen molar-refractivity contribution in [1.82, 2.24) is 0 Å². The first-order valence-corrected chi connectivity index (χ1v) is 6.75. The third-order valence-corrected chi connectivity index (χ3v) is 3.25. The highest BCUT2D eigenvalue weighted by Gasteiger charge is 2.43. The lowest BCUT2D eigenvalue weighted by molar-refractivity contribution is -0.286. The maximum Gasteiger partial charge on any atom is 0.586 e. The van der Waals surface area contributed by atoms with Crippen LogP contribution in [-0.2, 0) is 6.54 Å². The van der Waals surface area contributed by atoms with Crippen LogP contribution in [0.15, 0.2) is 47.5 Å².